The number of thioether (sulfide) groups is 1. The molecule has 45 heavy (non-hydrogen) atoms. The molecule has 0 aromatic heterocycles. The largest absolute Gasteiger partial charge is 0.361 e. The van der Waals surface area contributed by atoms with Crippen molar-refractivity contribution in [2.75, 3.05) is 12.4 Å². The van der Waals surface area contributed by atoms with Gasteiger partial charge in [0.15, 0.2) is 0 Å². The molecule has 0 heterocycles. The molecule has 5 aromatic rings. The third kappa shape index (κ3) is 8.53. The highest BCUT2D eigenvalue weighted by Crippen LogP contribution is 2.41. The summed E-state index contributed by atoms with van der Waals surface area (Å²) in [4.78, 5) is 1.32. The minimum absolute atomic E-state index is 0.000421. The minimum Gasteiger partial charge on any atom is -0.361 e. The van der Waals surface area contributed by atoms with Crippen LogP contribution in [0.15, 0.2) is 155 Å². The number of hydrogen-bond donors (Lipinski definition) is 0. The summed E-state index contributed by atoms with van der Waals surface area (Å²) in [5.41, 5.74) is 3.25. The minimum atomic E-state index is -3.94. The molecule has 0 radical (unpaired) electrons. The maximum Gasteiger partial charge on any atom is 0.297 e. The highest BCUT2D eigenvalue weighted by Gasteiger charge is 2.38. The lowest BCUT2D eigenvalue weighted by atomic mass is 9.80. The van der Waals surface area contributed by atoms with Gasteiger partial charge in [-0.05, 0) is 66.6 Å². The van der Waals surface area contributed by atoms with E-state index in [1.807, 2.05) is 79.7 Å². The van der Waals surface area contributed by atoms with E-state index in [9.17, 15) is 8.42 Å². The second-order valence-corrected chi connectivity index (χ2v) is 14.1. The van der Waals surface area contributed by atoms with Gasteiger partial charge in [0.1, 0.15) is 5.60 Å². The Bertz CT molecular complexity index is 1600. The van der Waals surface area contributed by atoms with E-state index < -0.39 is 21.8 Å². The summed E-state index contributed by atoms with van der Waals surface area (Å²) < 4.78 is 39.8. The molecule has 5 aromatic carbocycles. The first-order valence-corrected chi connectivity index (χ1v) is 17.7. The van der Waals surface area contributed by atoms with E-state index >= 15 is 0 Å². The number of ether oxygens (including phenoxy) is 1. The topological polar surface area (TPSA) is 52.6 Å². The van der Waals surface area contributed by atoms with Crippen LogP contribution in [-0.4, -0.2) is 26.9 Å². The first-order valence-electron chi connectivity index (χ1n) is 15.3. The van der Waals surface area contributed by atoms with Gasteiger partial charge in [-0.2, -0.15) is 8.42 Å². The van der Waals surface area contributed by atoms with E-state index in [0.29, 0.717) is 19.4 Å². The monoisotopic (exact) mass is 636 g/mol. The van der Waals surface area contributed by atoms with Gasteiger partial charge in [-0.15, -0.1) is 11.8 Å². The summed E-state index contributed by atoms with van der Waals surface area (Å²) >= 11 is 1.70. The summed E-state index contributed by atoms with van der Waals surface area (Å²) in [6.07, 6.45) is 0.594. The van der Waals surface area contributed by atoms with Crippen molar-refractivity contribution in [1.82, 2.24) is 0 Å². The van der Waals surface area contributed by atoms with Crippen LogP contribution in [0, 0.1) is 12.8 Å². The molecule has 0 saturated carbocycles. The summed E-state index contributed by atoms with van der Waals surface area (Å²) in [6.45, 7) is 4.43. The number of benzene rings is 5. The average Bonchev–Trinajstić information content (AvgIpc) is 3.07. The van der Waals surface area contributed by atoms with Gasteiger partial charge in [-0.25, -0.2) is 0 Å². The quantitative estimate of drug-likeness (QED) is 0.0651. The van der Waals surface area contributed by atoms with Crippen molar-refractivity contribution in [3.05, 3.63) is 168 Å². The molecule has 0 spiro atoms. The van der Waals surface area contributed by atoms with Crippen LogP contribution in [-0.2, 0) is 24.6 Å². The zero-order valence-electron chi connectivity index (χ0n) is 25.8. The number of hydrogen-bond acceptors (Lipinski definition) is 5. The van der Waals surface area contributed by atoms with Gasteiger partial charge in [-0.1, -0.05) is 134 Å². The SMILES string of the molecule is Cc1ccc(S(=O)(=O)O[C@H](CCSc2ccccc2)C[C@@H](C)COC(c2ccccc2)(c2ccccc2)c2ccccc2)cc1. The Balaban J connectivity index is 1.39. The van der Waals surface area contributed by atoms with Crippen molar-refractivity contribution >= 4 is 21.9 Å². The second-order valence-electron chi connectivity index (χ2n) is 11.4. The van der Waals surface area contributed by atoms with Crippen molar-refractivity contribution in [3.63, 3.8) is 0 Å². The van der Waals surface area contributed by atoms with E-state index in [2.05, 4.69) is 55.5 Å². The molecule has 232 valence electrons. The zero-order chi connectivity index (χ0) is 31.5. The van der Waals surface area contributed by atoms with Crippen LogP contribution in [0.1, 0.15) is 42.0 Å². The summed E-state index contributed by atoms with van der Waals surface area (Å²) in [6, 6.07) is 47.8. The molecule has 0 unspecified atom stereocenters. The predicted octanol–water partition coefficient (Wildman–Crippen LogP) is 9.29. The lowest BCUT2D eigenvalue weighted by Crippen LogP contribution is -2.35. The zero-order valence-corrected chi connectivity index (χ0v) is 27.4. The fraction of sp³-hybridized carbons (Fsp3) is 0.231. The van der Waals surface area contributed by atoms with Gasteiger partial charge in [-0.3, -0.25) is 4.18 Å². The molecule has 0 aliphatic rings. The Kier molecular flexibility index (Phi) is 11.3. The molecule has 6 heteroatoms. The van der Waals surface area contributed by atoms with Gasteiger partial charge in [0.25, 0.3) is 10.1 Å². The first-order chi connectivity index (χ1) is 21.9. The van der Waals surface area contributed by atoms with Crippen molar-refractivity contribution in [2.24, 2.45) is 5.92 Å². The Morgan fingerprint density at radius 1 is 0.667 bits per heavy atom. The van der Waals surface area contributed by atoms with Crippen LogP contribution in [0.25, 0.3) is 0 Å². The number of aryl methyl sites for hydroxylation is 1. The Labute approximate surface area is 272 Å². The molecule has 0 aliphatic heterocycles. The molecular formula is C39H40O4S2. The molecule has 0 aliphatic carbocycles. The molecular weight excluding hydrogens is 597 g/mol. The van der Waals surface area contributed by atoms with Gasteiger partial charge >= 0.3 is 0 Å². The fourth-order valence-corrected chi connectivity index (χ4v) is 7.60. The molecule has 0 amide bonds. The third-order valence-corrected chi connectivity index (χ3v) is 10.2. The van der Waals surface area contributed by atoms with Crippen LogP contribution in [0.4, 0.5) is 0 Å². The Morgan fingerprint density at radius 3 is 1.62 bits per heavy atom. The maximum absolute atomic E-state index is 13.4. The molecule has 0 fully saturated rings. The van der Waals surface area contributed by atoms with E-state index in [0.717, 1.165) is 32.9 Å². The van der Waals surface area contributed by atoms with Crippen molar-refractivity contribution in [3.8, 4) is 0 Å². The summed E-state index contributed by atoms with van der Waals surface area (Å²) in [5.74, 6) is 0.730. The van der Waals surface area contributed by atoms with Crippen LogP contribution in [0.2, 0.25) is 0 Å². The normalized spacial score (nSPS) is 13.3. The standard InChI is InChI=1S/C39H40O4S2/c1-31-23-25-38(26-24-31)45(40,41)43-36(27-28-44-37-21-13-6-14-22-37)29-32(2)30-42-39(33-15-7-3-8-16-33,34-17-9-4-10-18-34)35-19-11-5-12-20-35/h3-26,32,36H,27-30H2,1-2H3/t32-,36-/m1/s1. The van der Waals surface area contributed by atoms with Gasteiger partial charge in [0.05, 0.1) is 17.6 Å². The fourth-order valence-electron chi connectivity index (χ4n) is 5.52. The van der Waals surface area contributed by atoms with Crippen molar-refractivity contribution in [2.45, 2.75) is 48.2 Å². The lowest BCUT2D eigenvalue weighted by molar-refractivity contribution is -0.0124. The Morgan fingerprint density at radius 2 is 1.13 bits per heavy atom. The molecule has 0 bridgehead atoms. The number of rotatable bonds is 15. The van der Waals surface area contributed by atoms with Crippen molar-refractivity contribution < 1.29 is 17.3 Å². The first kappa shape index (κ1) is 32.7. The smallest absolute Gasteiger partial charge is 0.297 e. The van der Waals surface area contributed by atoms with Gasteiger partial charge < -0.3 is 4.74 Å². The maximum atomic E-state index is 13.4. The van der Waals surface area contributed by atoms with E-state index in [1.54, 1.807) is 36.0 Å². The van der Waals surface area contributed by atoms with Crippen LogP contribution < -0.4 is 0 Å². The van der Waals surface area contributed by atoms with Crippen molar-refractivity contribution in [1.29, 1.82) is 0 Å². The molecule has 4 nitrogen and oxygen atoms in total. The van der Waals surface area contributed by atoms with Gasteiger partial charge in [0.2, 0.25) is 0 Å². The highest BCUT2D eigenvalue weighted by molar-refractivity contribution is 7.99. The van der Waals surface area contributed by atoms with Crippen LogP contribution >= 0.6 is 11.8 Å². The second kappa shape index (κ2) is 15.5. The van der Waals surface area contributed by atoms with Crippen LogP contribution in [0.5, 0.6) is 0 Å². The molecule has 5 rings (SSSR count). The predicted molar refractivity (Wildman–Crippen MR) is 184 cm³/mol. The lowest BCUT2D eigenvalue weighted by Gasteiger charge is -2.37. The Hall–Kier alpha value is -3.68. The molecule has 0 N–H and O–H groups in total. The molecule has 2 atom stereocenters. The van der Waals surface area contributed by atoms with Crippen LogP contribution in [0.3, 0.4) is 0 Å². The third-order valence-electron chi connectivity index (χ3n) is 7.81. The summed E-state index contributed by atoms with van der Waals surface area (Å²) in [5, 5.41) is 0. The van der Waals surface area contributed by atoms with E-state index in [-0.39, 0.29) is 10.8 Å². The van der Waals surface area contributed by atoms with E-state index in [4.69, 9.17) is 8.92 Å². The average molecular weight is 637 g/mol. The molecule has 0 saturated heterocycles. The van der Waals surface area contributed by atoms with Gasteiger partial charge in [0, 0.05) is 10.6 Å². The summed E-state index contributed by atoms with van der Waals surface area (Å²) in [7, 11) is -3.94. The van der Waals surface area contributed by atoms with E-state index in [1.165, 1.54) is 0 Å². The highest BCUT2D eigenvalue weighted by atomic mass is 32.2.